The number of hydrogen-bond donors (Lipinski definition) is 1. The molecule has 0 aromatic heterocycles. The van der Waals surface area contributed by atoms with E-state index in [1.807, 2.05) is 0 Å². The van der Waals surface area contributed by atoms with Crippen molar-refractivity contribution < 1.29 is 0 Å². The van der Waals surface area contributed by atoms with Crippen molar-refractivity contribution in [1.82, 2.24) is 0 Å². The maximum Gasteiger partial charge on any atom is 0.0144 e. The summed E-state index contributed by atoms with van der Waals surface area (Å²) in [6, 6.07) is 0. The number of thiol groups is 1. The van der Waals surface area contributed by atoms with Crippen molar-refractivity contribution >= 4 is 35.2 Å². The van der Waals surface area contributed by atoms with Gasteiger partial charge in [-0.3, -0.25) is 0 Å². The van der Waals surface area contributed by atoms with Crippen molar-refractivity contribution in [2.45, 2.75) is 68.6 Å². The molecule has 0 saturated heterocycles. The van der Waals surface area contributed by atoms with E-state index in [0.29, 0.717) is 5.41 Å². The normalized spacial score (nSPS) is 38.3. The molecule has 0 bridgehead atoms. The topological polar surface area (TPSA) is 0 Å². The standard InChI is InChI=1S/C15H27IS/c1-2-3-7-13-14(16)8-9-15(13,11-17)10-12-5-4-6-12/h12-14,17H,2-11H2,1H3. The lowest BCUT2D eigenvalue weighted by atomic mass is 9.67. The average Bonchev–Trinajstić information content (AvgIpc) is 2.59. The van der Waals surface area contributed by atoms with Crippen LogP contribution in [0.1, 0.15) is 64.7 Å². The highest BCUT2D eigenvalue weighted by Gasteiger charge is 2.47. The molecule has 0 amide bonds. The fourth-order valence-electron chi connectivity index (χ4n) is 3.89. The molecule has 0 spiro atoms. The number of unbranched alkanes of at least 4 members (excludes halogenated alkanes) is 1. The molecule has 2 rings (SSSR count). The van der Waals surface area contributed by atoms with Crippen LogP contribution in [0.15, 0.2) is 0 Å². The van der Waals surface area contributed by atoms with Gasteiger partial charge in [-0.25, -0.2) is 0 Å². The summed E-state index contributed by atoms with van der Waals surface area (Å²) in [6.07, 6.45) is 13.1. The lowest BCUT2D eigenvalue weighted by Gasteiger charge is -2.41. The van der Waals surface area contributed by atoms with Gasteiger partial charge in [0.1, 0.15) is 0 Å². The molecule has 2 fully saturated rings. The van der Waals surface area contributed by atoms with Crippen LogP contribution in [0.4, 0.5) is 0 Å². The van der Waals surface area contributed by atoms with Crippen LogP contribution < -0.4 is 0 Å². The quantitative estimate of drug-likeness (QED) is 0.358. The lowest BCUT2D eigenvalue weighted by Crippen LogP contribution is -2.34. The lowest BCUT2D eigenvalue weighted by molar-refractivity contribution is 0.132. The second kappa shape index (κ2) is 6.49. The smallest absolute Gasteiger partial charge is 0.0144 e. The summed E-state index contributed by atoms with van der Waals surface area (Å²) < 4.78 is 0.923. The first kappa shape index (κ1) is 14.5. The molecular formula is C15H27IS. The number of alkyl halides is 1. The number of rotatable bonds is 6. The highest BCUT2D eigenvalue weighted by Crippen LogP contribution is 2.55. The van der Waals surface area contributed by atoms with E-state index in [2.05, 4.69) is 29.5 Å². The van der Waals surface area contributed by atoms with Crippen molar-refractivity contribution in [2.24, 2.45) is 17.3 Å². The third-order valence-electron chi connectivity index (χ3n) is 5.24. The Morgan fingerprint density at radius 1 is 1.29 bits per heavy atom. The second-order valence-electron chi connectivity index (χ2n) is 6.32. The van der Waals surface area contributed by atoms with Crippen LogP contribution in [0.3, 0.4) is 0 Å². The minimum absolute atomic E-state index is 0.606. The van der Waals surface area contributed by atoms with E-state index in [-0.39, 0.29) is 0 Å². The van der Waals surface area contributed by atoms with E-state index in [1.165, 1.54) is 57.8 Å². The minimum atomic E-state index is 0.606. The summed E-state index contributed by atoms with van der Waals surface area (Å²) in [5.41, 5.74) is 0.606. The molecule has 0 aromatic rings. The van der Waals surface area contributed by atoms with Gasteiger partial charge in [-0.15, -0.1) is 0 Å². The highest BCUT2D eigenvalue weighted by atomic mass is 127. The number of halogens is 1. The van der Waals surface area contributed by atoms with Gasteiger partial charge in [0.2, 0.25) is 0 Å². The van der Waals surface area contributed by atoms with E-state index in [4.69, 9.17) is 12.6 Å². The van der Waals surface area contributed by atoms with Gasteiger partial charge in [-0.2, -0.15) is 12.6 Å². The Morgan fingerprint density at radius 2 is 2.06 bits per heavy atom. The van der Waals surface area contributed by atoms with Crippen LogP contribution >= 0.6 is 35.2 Å². The van der Waals surface area contributed by atoms with Crippen LogP contribution in [-0.2, 0) is 0 Å². The summed E-state index contributed by atoms with van der Waals surface area (Å²) in [5, 5.41) is 0. The predicted molar refractivity (Wildman–Crippen MR) is 88.3 cm³/mol. The molecule has 2 saturated carbocycles. The van der Waals surface area contributed by atoms with E-state index in [1.54, 1.807) is 0 Å². The monoisotopic (exact) mass is 366 g/mol. The molecule has 0 N–H and O–H groups in total. The minimum Gasteiger partial charge on any atom is -0.179 e. The Hall–Kier alpha value is 1.08. The molecule has 0 nitrogen and oxygen atoms in total. The average molecular weight is 366 g/mol. The zero-order valence-corrected chi connectivity index (χ0v) is 14.2. The molecule has 2 heteroatoms. The second-order valence-corrected chi connectivity index (χ2v) is 8.24. The zero-order valence-electron chi connectivity index (χ0n) is 11.1. The molecule has 17 heavy (non-hydrogen) atoms. The maximum absolute atomic E-state index is 4.76. The number of hydrogen-bond acceptors (Lipinski definition) is 1. The molecule has 0 aliphatic heterocycles. The zero-order chi connectivity index (χ0) is 12.3. The van der Waals surface area contributed by atoms with Gasteiger partial charge in [0, 0.05) is 3.92 Å². The summed E-state index contributed by atoms with van der Waals surface area (Å²) in [4.78, 5) is 0. The van der Waals surface area contributed by atoms with Crippen LogP contribution in [0.5, 0.6) is 0 Å². The summed E-state index contributed by atoms with van der Waals surface area (Å²) in [5.74, 6) is 3.14. The van der Waals surface area contributed by atoms with Gasteiger partial charge in [0.25, 0.3) is 0 Å². The summed E-state index contributed by atoms with van der Waals surface area (Å²) in [7, 11) is 0. The largest absolute Gasteiger partial charge is 0.179 e. The molecular weight excluding hydrogens is 339 g/mol. The highest BCUT2D eigenvalue weighted by molar-refractivity contribution is 14.1. The van der Waals surface area contributed by atoms with Gasteiger partial charge >= 0.3 is 0 Å². The Bertz CT molecular complexity index is 239. The molecule has 100 valence electrons. The van der Waals surface area contributed by atoms with Crippen molar-refractivity contribution in [2.75, 3.05) is 5.75 Å². The van der Waals surface area contributed by atoms with Gasteiger partial charge in [0.05, 0.1) is 0 Å². The van der Waals surface area contributed by atoms with E-state index < -0.39 is 0 Å². The first-order valence-electron chi connectivity index (χ1n) is 7.47. The van der Waals surface area contributed by atoms with Crippen LogP contribution in [0.25, 0.3) is 0 Å². The summed E-state index contributed by atoms with van der Waals surface area (Å²) >= 11 is 7.48. The van der Waals surface area contributed by atoms with Crippen molar-refractivity contribution in [3.63, 3.8) is 0 Å². The molecule has 0 heterocycles. The van der Waals surface area contributed by atoms with E-state index in [0.717, 1.165) is 21.5 Å². The molecule has 0 radical (unpaired) electrons. The first-order valence-corrected chi connectivity index (χ1v) is 9.34. The van der Waals surface area contributed by atoms with Gasteiger partial charge < -0.3 is 0 Å². The van der Waals surface area contributed by atoms with Gasteiger partial charge in [-0.1, -0.05) is 61.6 Å². The molecule has 0 aromatic carbocycles. The van der Waals surface area contributed by atoms with Gasteiger partial charge in [0.15, 0.2) is 0 Å². The van der Waals surface area contributed by atoms with Crippen molar-refractivity contribution in [3.8, 4) is 0 Å². The summed E-state index contributed by atoms with van der Waals surface area (Å²) in [6.45, 7) is 2.32. The Morgan fingerprint density at radius 3 is 2.59 bits per heavy atom. The molecule has 2 aliphatic carbocycles. The first-order chi connectivity index (χ1) is 8.22. The predicted octanol–water partition coefficient (Wildman–Crippen LogP) is 5.50. The fraction of sp³-hybridized carbons (Fsp3) is 1.00. The van der Waals surface area contributed by atoms with Crippen molar-refractivity contribution in [1.29, 1.82) is 0 Å². The molecule has 3 unspecified atom stereocenters. The van der Waals surface area contributed by atoms with E-state index in [9.17, 15) is 0 Å². The molecule has 3 atom stereocenters. The van der Waals surface area contributed by atoms with Crippen LogP contribution in [0, 0.1) is 17.3 Å². The maximum atomic E-state index is 4.76. The third kappa shape index (κ3) is 3.16. The van der Waals surface area contributed by atoms with Crippen LogP contribution in [0.2, 0.25) is 0 Å². The Balaban J connectivity index is 2.00. The molecule has 2 aliphatic rings. The fourth-order valence-corrected chi connectivity index (χ4v) is 5.85. The Kier molecular flexibility index (Phi) is 5.53. The Labute approximate surface area is 126 Å². The third-order valence-corrected chi connectivity index (χ3v) is 7.37. The van der Waals surface area contributed by atoms with Crippen molar-refractivity contribution in [3.05, 3.63) is 0 Å². The van der Waals surface area contributed by atoms with Gasteiger partial charge in [-0.05, 0) is 48.7 Å². The van der Waals surface area contributed by atoms with E-state index >= 15 is 0 Å². The SMILES string of the molecule is CCCCC1C(I)CCC1(CS)CC1CCC1. The van der Waals surface area contributed by atoms with Crippen LogP contribution in [-0.4, -0.2) is 9.68 Å².